The van der Waals surface area contributed by atoms with Gasteiger partial charge < -0.3 is 10.5 Å². The fourth-order valence-corrected chi connectivity index (χ4v) is 2.53. The highest BCUT2D eigenvalue weighted by molar-refractivity contribution is 6.33. The van der Waals surface area contributed by atoms with Gasteiger partial charge in [-0.05, 0) is 63.1 Å². The van der Waals surface area contributed by atoms with Gasteiger partial charge in [-0.25, -0.2) is 0 Å². The van der Waals surface area contributed by atoms with E-state index < -0.39 is 5.60 Å². The Hall–Kier alpha value is -1.22. The molecule has 0 aromatic heterocycles. The maximum Gasteiger partial charge on any atom is 0.306 e. The fraction of sp³-hybridized carbons (Fsp3) is 0.562. The maximum absolute atomic E-state index is 12.0. The van der Waals surface area contributed by atoms with Gasteiger partial charge in [0.05, 0.1) is 17.1 Å². The molecule has 20 heavy (non-hydrogen) atoms. The molecular formula is C16H22ClNO2. The third kappa shape index (κ3) is 4.14. The minimum absolute atomic E-state index is 0.150. The highest BCUT2D eigenvalue weighted by Gasteiger charge is 2.35. The number of carbonyl (C=O) groups excluding carboxylic acids is 1. The van der Waals surface area contributed by atoms with Gasteiger partial charge in [-0.2, -0.15) is 0 Å². The Morgan fingerprint density at radius 1 is 1.45 bits per heavy atom. The van der Waals surface area contributed by atoms with E-state index in [1.54, 1.807) is 6.07 Å². The van der Waals surface area contributed by atoms with Crippen molar-refractivity contribution in [3.05, 3.63) is 28.8 Å². The van der Waals surface area contributed by atoms with Crippen molar-refractivity contribution in [3.8, 4) is 0 Å². The van der Waals surface area contributed by atoms with E-state index in [4.69, 9.17) is 22.1 Å². The molecule has 0 saturated heterocycles. The summed E-state index contributed by atoms with van der Waals surface area (Å²) in [4.78, 5) is 12.0. The SMILES string of the molecule is CC(C)(C)OC(=O)C[C@H](c1ccc(Cl)c(N)c1)C1CC1. The Labute approximate surface area is 125 Å². The van der Waals surface area contributed by atoms with Crippen LogP contribution in [0.1, 0.15) is 51.5 Å². The third-order valence-electron chi connectivity index (χ3n) is 3.45. The van der Waals surface area contributed by atoms with E-state index in [-0.39, 0.29) is 11.9 Å². The zero-order chi connectivity index (χ0) is 14.9. The van der Waals surface area contributed by atoms with Crippen molar-refractivity contribution in [1.82, 2.24) is 0 Å². The number of benzene rings is 1. The number of ether oxygens (including phenoxy) is 1. The van der Waals surface area contributed by atoms with E-state index in [2.05, 4.69) is 0 Å². The quantitative estimate of drug-likeness (QED) is 0.670. The molecule has 1 fully saturated rings. The molecule has 2 N–H and O–H groups in total. The van der Waals surface area contributed by atoms with Gasteiger partial charge in [-0.1, -0.05) is 17.7 Å². The van der Waals surface area contributed by atoms with E-state index in [9.17, 15) is 4.79 Å². The van der Waals surface area contributed by atoms with E-state index in [1.807, 2.05) is 32.9 Å². The highest BCUT2D eigenvalue weighted by Crippen LogP contribution is 2.45. The average molecular weight is 296 g/mol. The summed E-state index contributed by atoms with van der Waals surface area (Å²) in [5.41, 5.74) is 7.08. The molecule has 4 heteroatoms. The molecule has 1 saturated carbocycles. The van der Waals surface area contributed by atoms with E-state index in [1.165, 1.54) is 0 Å². The summed E-state index contributed by atoms with van der Waals surface area (Å²) >= 11 is 5.96. The molecule has 0 aliphatic heterocycles. The van der Waals surface area contributed by atoms with Crippen LogP contribution >= 0.6 is 11.6 Å². The van der Waals surface area contributed by atoms with Gasteiger partial charge >= 0.3 is 5.97 Å². The van der Waals surface area contributed by atoms with Gasteiger partial charge in [-0.3, -0.25) is 4.79 Å². The van der Waals surface area contributed by atoms with E-state index in [0.29, 0.717) is 23.0 Å². The first-order valence-electron chi connectivity index (χ1n) is 7.03. The highest BCUT2D eigenvalue weighted by atomic mass is 35.5. The lowest BCUT2D eigenvalue weighted by Crippen LogP contribution is -2.25. The van der Waals surface area contributed by atoms with Crippen LogP contribution in [-0.4, -0.2) is 11.6 Å². The van der Waals surface area contributed by atoms with Crippen molar-refractivity contribution < 1.29 is 9.53 Å². The standard InChI is InChI=1S/C16H22ClNO2/c1-16(2,3)20-15(19)9-12(10-4-5-10)11-6-7-13(17)14(18)8-11/h6-8,10,12H,4-5,9,18H2,1-3H3/t12-/m0/s1. The fourth-order valence-electron chi connectivity index (χ4n) is 2.41. The smallest absolute Gasteiger partial charge is 0.306 e. The number of nitrogen functional groups attached to an aromatic ring is 1. The molecule has 3 nitrogen and oxygen atoms in total. The molecule has 0 spiro atoms. The van der Waals surface area contributed by atoms with Crippen LogP contribution in [0.2, 0.25) is 5.02 Å². The van der Waals surface area contributed by atoms with Crippen LogP contribution < -0.4 is 5.73 Å². The molecule has 0 bridgehead atoms. The predicted molar refractivity (Wildman–Crippen MR) is 81.8 cm³/mol. The van der Waals surface area contributed by atoms with Crippen molar-refractivity contribution in [3.63, 3.8) is 0 Å². The number of rotatable bonds is 4. The third-order valence-corrected chi connectivity index (χ3v) is 3.79. The number of nitrogens with two attached hydrogens (primary N) is 1. The Bertz CT molecular complexity index is 504. The number of hydrogen-bond donors (Lipinski definition) is 1. The van der Waals surface area contributed by atoms with Crippen LogP contribution in [0.5, 0.6) is 0 Å². The molecule has 0 heterocycles. The Morgan fingerprint density at radius 3 is 2.60 bits per heavy atom. The van der Waals surface area contributed by atoms with Crippen molar-refractivity contribution in [1.29, 1.82) is 0 Å². The lowest BCUT2D eigenvalue weighted by atomic mass is 9.90. The number of hydrogen-bond acceptors (Lipinski definition) is 3. The second-order valence-electron chi connectivity index (χ2n) is 6.52. The summed E-state index contributed by atoms with van der Waals surface area (Å²) in [5, 5.41) is 0.556. The summed E-state index contributed by atoms with van der Waals surface area (Å²) in [6, 6.07) is 5.65. The molecule has 0 radical (unpaired) electrons. The number of anilines is 1. The van der Waals surface area contributed by atoms with Gasteiger partial charge in [0.25, 0.3) is 0 Å². The van der Waals surface area contributed by atoms with Crippen LogP contribution in [0.15, 0.2) is 18.2 Å². The summed E-state index contributed by atoms with van der Waals surface area (Å²) in [7, 11) is 0. The molecule has 110 valence electrons. The Kier molecular flexibility index (Phi) is 4.28. The summed E-state index contributed by atoms with van der Waals surface area (Å²) in [6.45, 7) is 5.66. The van der Waals surface area contributed by atoms with Crippen LogP contribution in [0.4, 0.5) is 5.69 Å². The van der Waals surface area contributed by atoms with Crippen LogP contribution in [-0.2, 0) is 9.53 Å². The topological polar surface area (TPSA) is 52.3 Å². The normalized spacial score (nSPS) is 16.8. The second-order valence-corrected chi connectivity index (χ2v) is 6.92. The molecule has 1 atom stereocenters. The lowest BCUT2D eigenvalue weighted by molar-refractivity contribution is -0.155. The first-order chi connectivity index (χ1) is 9.26. The van der Waals surface area contributed by atoms with Gasteiger partial charge in [0.1, 0.15) is 5.60 Å². The largest absolute Gasteiger partial charge is 0.460 e. The van der Waals surface area contributed by atoms with Crippen molar-refractivity contribution in [2.24, 2.45) is 5.92 Å². The molecular weight excluding hydrogens is 274 g/mol. The van der Waals surface area contributed by atoms with Crippen molar-refractivity contribution >= 4 is 23.3 Å². The first kappa shape index (κ1) is 15.2. The van der Waals surface area contributed by atoms with Gasteiger partial charge in [0.15, 0.2) is 0 Å². The molecule has 1 aromatic carbocycles. The molecule has 1 aliphatic carbocycles. The second kappa shape index (κ2) is 5.65. The van der Waals surface area contributed by atoms with Crippen LogP contribution in [0.3, 0.4) is 0 Å². The molecule has 0 unspecified atom stereocenters. The summed E-state index contributed by atoms with van der Waals surface area (Å²) in [6.07, 6.45) is 2.73. The minimum Gasteiger partial charge on any atom is -0.460 e. The Morgan fingerprint density at radius 2 is 2.10 bits per heavy atom. The predicted octanol–water partition coefficient (Wildman–Crippen LogP) is 4.15. The van der Waals surface area contributed by atoms with Crippen molar-refractivity contribution in [2.45, 2.75) is 51.6 Å². The number of esters is 1. The van der Waals surface area contributed by atoms with Gasteiger partial charge in [0, 0.05) is 0 Å². The molecule has 1 aromatic rings. The van der Waals surface area contributed by atoms with Crippen LogP contribution in [0, 0.1) is 5.92 Å². The summed E-state index contributed by atoms with van der Waals surface area (Å²) in [5.74, 6) is 0.593. The van der Waals surface area contributed by atoms with E-state index in [0.717, 1.165) is 18.4 Å². The number of carbonyl (C=O) groups is 1. The first-order valence-corrected chi connectivity index (χ1v) is 7.41. The number of halogens is 1. The lowest BCUT2D eigenvalue weighted by Gasteiger charge is -2.22. The summed E-state index contributed by atoms with van der Waals surface area (Å²) < 4.78 is 5.43. The maximum atomic E-state index is 12.0. The van der Waals surface area contributed by atoms with Gasteiger partial charge in [-0.15, -0.1) is 0 Å². The zero-order valence-corrected chi connectivity index (χ0v) is 13.0. The molecule has 0 amide bonds. The average Bonchev–Trinajstić information content (AvgIpc) is 3.11. The van der Waals surface area contributed by atoms with E-state index >= 15 is 0 Å². The molecule has 1 aliphatic rings. The van der Waals surface area contributed by atoms with Crippen molar-refractivity contribution in [2.75, 3.05) is 5.73 Å². The minimum atomic E-state index is -0.440. The monoisotopic (exact) mass is 295 g/mol. The zero-order valence-electron chi connectivity index (χ0n) is 12.3. The van der Waals surface area contributed by atoms with Crippen LogP contribution in [0.25, 0.3) is 0 Å². The van der Waals surface area contributed by atoms with Gasteiger partial charge in [0.2, 0.25) is 0 Å². The molecule has 2 rings (SSSR count). The Balaban J connectivity index is 2.11.